The number of carboxylic acids is 1. The Kier molecular flexibility index (Phi) is 6.35. The van der Waals surface area contributed by atoms with Crippen LogP contribution in [0, 0.1) is 12.8 Å². The lowest BCUT2D eigenvalue weighted by Crippen LogP contribution is -2.27. The summed E-state index contributed by atoms with van der Waals surface area (Å²) in [4.78, 5) is 23.5. The van der Waals surface area contributed by atoms with Crippen LogP contribution in [0.3, 0.4) is 0 Å². The standard InChI is InChI=1S/C19H22N2O5S/c1-12(2)11-20-27(25,26)16-8-6-14(7-9-16)18(22)21-17-10-15(19(23)24)5-4-13(17)3/h4-10,12,20H,11H2,1-3H3,(H,21,22)(H,23,24). The highest BCUT2D eigenvalue weighted by Gasteiger charge is 2.16. The summed E-state index contributed by atoms with van der Waals surface area (Å²) < 4.78 is 26.9. The number of benzene rings is 2. The van der Waals surface area contributed by atoms with Crippen LogP contribution < -0.4 is 10.0 Å². The molecule has 0 spiro atoms. The molecule has 0 unspecified atom stereocenters. The number of sulfonamides is 1. The van der Waals surface area contributed by atoms with Crippen molar-refractivity contribution in [3.05, 3.63) is 59.2 Å². The Morgan fingerprint density at radius 3 is 2.19 bits per heavy atom. The first-order chi connectivity index (χ1) is 12.6. The number of rotatable bonds is 7. The summed E-state index contributed by atoms with van der Waals surface area (Å²) in [7, 11) is -3.63. The maximum absolute atomic E-state index is 12.4. The zero-order chi connectivity index (χ0) is 20.2. The fraction of sp³-hybridized carbons (Fsp3) is 0.263. The minimum Gasteiger partial charge on any atom is -0.478 e. The highest BCUT2D eigenvalue weighted by molar-refractivity contribution is 7.89. The fourth-order valence-electron chi connectivity index (χ4n) is 2.23. The van der Waals surface area contributed by atoms with Crippen molar-refractivity contribution in [2.75, 3.05) is 11.9 Å². The van der Waals surface area contributed by atoms with Crippen molar-refractivity contribution in [3.63, 3.8) is 0 Å². The van der Waals surface area contributed by atoms with Crippen LogP contribution in [0.2, 0.25) is 0 Å². The molecule has 7 nitrogen and oxygen atoms in total. The average Bonchev–Trinajstić information content (AvgIpc) is 2.61. The van der Waals surface area contributed by atoms with Crippen LogP contribution in [0.15, 0.2) is 47.4 Å². The van der Waals surface area contributed by atoms with E-state index in [0.29, 0.717) is 17.8 Å². The van der Waals surface area contributed by atoms with Gasteiger partial charge >= 0.3 is 5.97 Å². The van der Waals surface area contributed by atoms with Gasteiger partial charge in [0.2, 0.25) is 10.0 Å². The second kappa shape index (κ2) is 8.32. The van der Waals surface area contributed by atoms with Crippen molar-refractivity contribution >= 4 is 27.6 Å². The number of aryl methyl sites for hydroxylation is 1. The number of carbonyl (C=O) groups is 2. The van der Waals surface area contributed by atoms with Gasteiger partial charge in [0, 0.05) is 17.8 Å². The van der Waals surface area contributed by atoms with E-state index in [9.17, 15) is 18.0 Å². The van der Waals surface area contributed by atoms with Crippen molar-refractivity contribution in [1.29, 1.82) is 0 Å². The molecule has 144 valence electrons. The Labute approximate surface area is 158 Å². The summed E-state index contributed by atoms with van der Waals surface area (Å²) in [5.74, 6) is -1.37. The van der Waals surface area contributed by atoms with Crippen LogP contribution in [0.25, 0.3) is 0 Å². The second-order valence-corrected chi connectivity index (χ2v) is 8.33. The van der Waals surface area contributed by atoms with E-state index in [2.05, 4.69) is 10.0 Å². The predicted molar refractivity (Wildman–Crippen MR) is 103 cm³/mol. The molecule has 0 bridgehead atoms. The van der Waals surface area contributed by atoms with Crippen molar-refractivity contribution < 1.29 is 23.1 Å². The van der Waals surface area contributed by atoms with Crippen molar-refractivity contribution in [3.8, 4) is 0 Å². The fourth-order valence-corrected chi connectivity index (χ4v) is 3.44. The summed E-state index contributed by atoms with van der Waals surface area (Å²) in [5, 5.41) is 11.7. The molecule has 0 saturated carbocycles. The van der Waals surface area contributed by atoms with Gasteiger partial charge in [-0.2, -0.15) is 0 Å². The molecule has 1 amide bonds. The largest absolute Gasteiger partial charge is 0.478 e. The summed E-state index contributed by atoms with van der Waals surface area (Å²) in [6.45, 7) is 5.87. The molecular weight excluding hydrogens is 368 g/mol. The molecule has 0 atom stereocenters. The predicted octanol–water partition coefficient (Wildman–Crippen LogP) is 2.88. The van der Waals surface area contributed by atoms with Crippen molar-refractivity contribution in [1.82, 2.24) is 4.72 Å². The normalized spacial score (nSPS) is 11.4. The molecule has 0 saturated heterocycles. The molecular formula is C19H22N2O5S. The van der Waals surface area contributed by atoms with E-state index in [0.717, 1.165) is 0 Å². The summed E-state index contributed by atoms with van der Waals surface area (Å²) in [6.07, 6.45) is 0. The zero-order valence-corrected chi connectivity index (χ0v) is 16.1. The van der Waals surface area contributed by atoms with Gasteiger partial charge in [-0.15, -0.1) is 0 Å². The van der Waals surface area contributed by atoms with Crippen LogP contribution in [0.4, 0.5) is 5.69 Å². The van der Waals surface area contributed by atoms with E-state index < -0.39 is 21.9 Å². The highest BCUT2D eigenvalue weighted by atomic mass is 32.2. The van der Waals surface area contributed by atoms with E-state index >= 15 is 0 Å². The number of nitrogens with one attached hydrogen (secondary N) is 2. The monoisotopic (exact) mass is 390 g/mol. The molecule has 27 heavy (non-hydrogen) atoms. The number of aromatic carboxylic acids is 1. The van der Waals surface area contributed by atoms with E-state index in [1.165, 1.54) is 36.4 Å². The third-order valence-electron chi connectivity index (χ3n) is 3.84. The maximum Gasteiger partial charge on any atom is 0.335 e. The zero-order valence-electron chi connectivity index (χ0n) is 15.3. The van der Waals surface area contributed by atoms with Crippen LogP contribution in [0.1, 0.15) is 40.1 Å². The van der Waals surface area contributed by atoms with E-state index in [1.54, 1.807) is 13.0 Å². The Morgan fingerprint density at radius 2 is 1.63 bits per heavy atom. The number of amides is 1. The maximum atomic E-state index is 12.4. The first kappa shape index (κ1) is 20.6. The molecule has 0 aliphatic rings. The minimum atomic E-state index is -3.63. The first-order valence-electron chi connectivity index (χ1n) is 8.35. The van der Waals surface area contributed by atoms with Gasteiger partial charge in [-0.05, 0) is 54.8 Å². The molecule has 8 heteroatoms. The van der Waals surface area contributed by atoms with Gasteiger partial charge in [0.15, 0.2) is 0 Å². The smallest absolute Gasteiger partial charge is 0.335 e. The Bertz CT molecular complexity index is 951. The topological polar surface area (TPSA) is 113 Å². The molecule has 0 aliphatic carbocycles. The lowest BCUT2D eigenvalue weighted by atomic mass is 10.1. The average molecular weight is 390 g/mol. The van der Waals surface area contributed by atoms with Gasteiger partial charge in [-0.3, -0.25) is 4.79 Å². The minimum absolute atomic E-state index is 0.0635. The van der Waals surface area contributed by atoms with Gasteiger partial charge in [-0.1, -0.05) is 19.9 Å². The lowest BCUT2D eigenvalue weighted by molar-refractivity contribution is 0.0696. The molecule has 2 aromatic carbocycles. The third-order valence-corrected chi connectivity index (χ3v) is 5.28. The third kappa shape index (κ3) is 5.38. The Balaban J connectivity index is 2.17. The Morgan fingerprint density at radius 1 is 1.04 bits per heavy atom. The van der Waals surface area contributed by atoms with Crippen LogP contribution >= 0.6 is 0 Å². The van der Waals surface area contributed by atoms with E-state index in [4.69, 9.17) is 5.11 Å². The van der Waals surface area contributed by atoms with Gasteiger partial charge in [0.1, 0.15) is 0 Å². The summed E-state index contributed by atoms with van der Waals surface area (Å²) >= 11 is 0. The number of carbonyl (C=O) groups excluding carboxylic acids is 1. The number of carboxylic acid groups (broad SMARTS) is 1. The Hall–Kier alpha value is -2.71. The van der Waals surface area contributed by atoms with Crippen LogP contribution in [-0.2, 0) is 10.0 Å². The van der Waals surface area contributed by atoms with Gasteiger partial charge in [0.05, 0.1) is 10.5 Å². The van der Waals surface area contributed by atoms with Crippen molar-refractivity contribution in [2.24, 2.45) is 5.92 Å². The molecule has 0 heterocycles. The first-order valence-corrected chi connectivity index (χ1v) is 9.83. The molecule has 2 aromatic rings. The summed E-state index contributed by atoms with van der Waals surface area (Å²) in [6, 6.07) is 9.98. The van der Waals surface area contributed by atoms with Gasteiger partial charge in [0.25, 0.3) is 5.91 Å². The molecule has 3 N–H and O–H groups in total. The molecule has 0 radical (unpaired) electrons. The quantitative estimate of drug-likeness (QED) is 0.673. The van der Waals surface area contributed by atoms with Crippen LogP contribution in [0.5, 0.6) is 0 Å². The molecule has 2 rings (SSSR count). The van der Waals surface area contributed by atoms with Crippen LogP contribution in [-0.4, -0.2) is 31.9 Å². The second-order valence-electron chi connectivity index (χ2n) is 6.56. The lowest BCUT2D eigenvalue weighted by Gasteiger charge is -2.11. The summed E-state index contributed by atoms with van der Waals surface area (Å²) in [5.41, 5.74) is 1.42. The van der Waals surface area contributed by atoms with E-state index in [-0.39, 0.29) is 21.9 Å². The molecule has 0 aromatic heterocycles. The SMILES string of the molecule is Cc1ccc(C(=O)O)cc1NC(=O)c1ccc(S(=O)(=O)NCC(C)C)cc1. The van der Waals surface area contributed by atoms with Crippen molar-refractivity contribution in [2.45, 2.75) is 25.7 Å². The molecule has 0 aliphatic heterocycles. The number of hydrogen-bond acceptors (Lipinski definition) is 4. The number of anilines is 1. The van der Waals surface area contributed by atoms with Gasteiger partial charge in [-0.25, -0.2) is 17.9 Å². The molecule has 0 fully saturated rings. The van der Waals surface area contributed by atoms with E-state index in [1.807, 2.05) is 13.8 Å². The highest BCUT2D eigenvalue weighted by Crippen LogP contribution is 2.19. The number of hydrogen-bond donors (Lipinski definition) is 3. The van der Waals surface area contributed by atoms with Gasteiger partial charge < -0.3 is 10.4 Å².